The topological polar surface area (TPSA) is 74.3 Å². The van der Waals surface area contributed by atoms with Gasteiger partial charge >= 0.3 is 11.9 Å². The lowest BCUT2D eigenvalue weighted by Gasteiger charge is -2.28. The fourth-order valence-electron chi connectivity index (χ4n) is 5.29. The number of benzene rings is 3. The molecule has 11 heteroatoms. The minimum absolute atomic E-state index is 0.0166. The van der Waals surface area contributed by atoms with Gasteiger partial charge in [0.1, 0.15) is 11.4 Å². The van der Waals surface area contributed by atoms with Gasteiger partial charge in [-0.2, -0.15) is 18.3 Å². The van der Waals surface area contributed by atoms with Gasteiger partial charge in [0.25, 0.3) is 5.91 Å². The SMILES string of the molecule is CCn1c(=O)n(-c2ccc(N3CCc4c(C(F)(F)F)nn(-c5ccc(OC)cc5)c4C3=O)cc2)c2ccccc21. The van der Waals surface area contributed by atoms with Crippen molar-refractivity contribution in [3.63, 3.8) is 0 Å². The number of nitrogens with zero attached hydrogens (tertiary/aromatic N) is 5. The molecule has 6 rings (SSSR count). The number of para-hydroxylation sites is 2. The summed E-state index contributed by atoms with van der Waals surface area (Å²) >= 11 is 0. The van der Waals surface area contributed by atoms with E-state index in [1.807, 2.05) is 31.2 Å². The van der Waals surface area contributed by atoms with Gasteiger partial charge in [-0.25, -0.2) is 9.48 Å². The molecule has 1 aliphatic rings. The minimum atomic E-state index is -4.71. The summed E-state index contributed by atoms with van der Waals surface area (Å²) < 4.78 is 51.2. The number of imidazole rings is 1. The van der Waals surface area contributed by atoms with Crippen LogP contribution in [0.15, 0.2) is 77.6 Å². The molecule has 2 aromatic heterocycles. The molecule has 0 saturated heterocycles. The Hall–Kier alpha value is -4.80. The monoisotopic (exact) mass is 547 g/mol. The second-order valence-electron chi connectivity index (χ2n) is 9.36. The van der Waals surface area contributed by atoms with Gasteiger partial charge in [-0.15, -0.1) is 0 Å². The van der Waals surface area contributed by atoms with Crippen LogP contribution in [0.1, 0.15) is 28.7 Å². The smallest absolute Gasteiger partial charge is 0.435 e. The van der Waals surface area contributed by atoms with E-state index in [0.717, 1.165) is 15.7 Å². The van der Waals surface area contributed by atoms with Gasteiger partial charge in [0, 0.05) is 24.3 Å². The van der Waals surface area contributed by atoms with Crippen molar-refractivity contribution in [1.29, 1.82) is 0 Å². The molecule has 0 radical (unpaired) electrons. The zero-order chi connectivity index (χ0) is 28.2. The minimum Gasteiger partial charge on any atom is -0.497 e. The molecule has 3 aromatic carbocycles. The van der Waals surface area contributed by atoms with E-state index in [9.17, 15) is 22.8 Å². The lowest BCUT2D eigenvalue weighted by Crippen LogP contribution is -2.39. The summed E-state index contributed by atoms with van der Waals surface area (Å²) in [4.78, 5) is 28.3. The third-order valence-electron chi connectivity index (χ3n) is 7.17. The van der Waals surface area contributed by atoms with Crippen LogP contribution in [0.3, 0.4) is 0 Å². The Kier molecular flexibility index (Phi) is 6.01. The Morgan fingerprint density at radius 3 is 2.12 bits per heavy atom. The molecule has 0 atom stereocenters. The molecule has 1 amide bonds. The fraction of sp³-hybridized carbons (Fsp3) is 0.207. The number of methoxy groups -OCH3 is 1. The number of carbonyl (C=O) groups is 1. The summed E-state index contributed by atoms with van der Waals surface area (Å²) in [6, 6.07) is 20.6. The maximum absolute atomic E-state index is 13.9. The molecule has 1 aliphatic heterocycles. The molecule has 40 heavy (non-hydrogen) atoms. The maximum Gasteiger partial charge on any atom is 0.435 e. The highest BCUT2D eigenvalue weighted by Crippen LogP contribution is 2.37. The van der Waals surface area contributed by atoms with Crippen LogP contribution >= 0.6 is 0 Å². The molecule has 204 valence electrons. The first-order chi connectivity index (χ1) is 19.2. The fourth-order valence-corrected chi connectivity index (χ4v) is 5.29. The molecule has 0 N–H and O–H groups in total. The van der Waals surface area contributed by atoms with E-state index in [2.05, 4.69) is 5.10 Å². The van der Waals surface area contributed by atoms with Crippen LogP contribution in [-0.4, -0.2) is 38.5 Å². The van der Waals surface area contributed by atoms with Crippen molar-refractivity contribution < 1.29 is 22.7 Å². The standard InChI is InChI=1S/C29H24F3N5O3/c1-3-34-23-6-4-5-7-24(23)36(28(34)39)19-10-8-18(9-11-19)35-17-16-22-25(27(35)38)37(33-26(22)29(30,31)32)20-12-14-21(40-2)15-13-20/h4-15H,3,16-17H2,1-2H3. The van der Waals surface area contributed by atoms with E-state index < -0.39 is 17.8 Å². The largest absolute Gasteiger partial charge is 0.497 e. The highest BCUT2D eigenvalue weighted by Gasteiger charge is 2.43. The van der Waals surface area contributed by atoms with Gasteiger partial charge in [-0.1, -0.05) is 12.1 Å². The predicted molar refractivity (Wildman–Crippen MR) is 144 cm³/mol. The summed E-state index contributed by atoms with van der Waals surface area (Å²) in [6.45, 7) is 2.47. The normalized spacial score (nSPS) is 13.6. The van der Waals surface area contributed by atoms with Crippen LogP contribution in [-0.2, 0) is 19.1 Å². The van der Waals surface area contributed by atoms with Gasteiger partial charge in [-0.05, 0) is 74.0 Å². The predicted octanol–water partition coefficient (Wildman–Crippen LogP) is 5.23. The van der Waals surface area contributed by atoms with E-state index in [0.29, 0.717) is 29.4 Å². The Balaban J connectivity index is 1.40. The molecule has 3 heterocycles. The van der Waals surface area contributed by atoms with Crippen molar-refractivity contribution >= 4 is 22.6 Å². The third kappa shape index (κ3) is 3.96. The summed E-state index contributed by atoms with van der Waals surface area (Å²) in [5.74, 6) is -0.0670. The second kappa shape index (κ2) is 9.44. The van der Waals surface area contributed by atoms with Crippen molar-refractivity contribution in [3.8, 4) is 17.1 Å². The van der Waals surface area contributed by atoms with Crippen LogP contribution in [0.2, 0.25) is 0 Å². The van der Waals surface area contributed by atoms with E-state index in [4.69, 9.17) is 4.74 Å². The molecule has 0 unspecified atom stereocenters. The van der Waals surface area contributed by atoms with Gasteiger partial charge in [0.2, 0.25) is 0 Å². The number of alkyl halides is 3. The lowest BCUT2D eigenvalue weighted by molar-refractivity contribution is -0.141. The molecule has 0 aliphatic carbocycles. The number of halogens is 3. The number of hydrogen-bond acceptors (Lipinski definition) is 4. The molecular weight excluding hydrogens is 523 g/mol. The first-order valence-corrected chi connectivity index (χ1v) is 12.7. The molecule has 0 fully saturated rings. The zero-order valence-corrected chi connectivity index (χ0v) is 21.6. The summed E-state index contributed by atoms with van der Waals surface area (Å²) in [7, 11) is 1.48. The first kappa shape index (κ1) is 25.5. The molecule has 0 saturated carbocycles. The summed E-state index contributed by atoms with van der Waals surface area (Å²) in [5.41, 5.74) is 1.49. The quantitative estimate of drug-likeness (QED) is 0.302. The van der Waals surface area contributed by atoms with Crippen molar-refractivity contribution in [3.05, 3.63) is 100 Å². The number of carbonyl (C=O) groups excluding carboxylic acids is 1. The number of rotatable bonds is 5. The summed E-state index contributed by atoms with van der Waals surface area (Å²) in [6.07, 6.45) is -4.73. The van der Waals surface area contributed by atoms with E-state index in [-0.39, 0.29) is 29.9 Å². The molecular formula is C29H24F3N5O3. The van der Waals surface area contributed by atoms with Gasteiger partial charge in [0.15, 0.2) is 5.69 Å². The maximum atomic E-state index is 13.9. The number of aromatic nitrogens is 4. The average molecular weight is 548 g/mol. The van der Waals surface area contributed by atoms with Crippen molar-refractivity contribution in [2.24, 2.45) is 0 Å². The van der Waals surface area contributed by atoms with E-state index in [1.165, 1.54) is 12.0 Å². The molecule has 0 spiro atoms. The van der Waals surface area contributed by atoms with Gasteiger partial charge in [0.05, 0.1) is 29.5 Å². The Labute approximate surface area is 226 Å². The van der Waals surface area contributed by atoms with E-state index in [1.54, 1.807) is 57.7 Å². The number of ether oxygens (including phenoxy) is 1. The highest BCUT2D eigenvalue weighted by molar-refractivity contribution is 6.07. The van der Waals surface area contributed by atoms with Gasteiger partial charge in [-0.3, -0.25) is 13.9 Å². The van der Waals surface area contributed by atoms with Crippen LogP contribution < -0.4 is 15.3 Å². The van der Waals surface area contributed by atoms with Crippen LogP contribution in [0.5, 0.6) is 5.75 Å². The molecule has 8 nitrogen and oxygen atoms in total. The number of fused-ring (bicyclic) bond motifs is 2. The van der Waals surface area contributed by atoms with Crippen molar-refractivity contribution in [2.75, 3.05) is 18.6 Å². The summed E-state index contributed by atoms with van der Waals surface area (Å²) in [5, 5.41) is 3.83. The number of hydrogen-bond donors (Lipinski definition) is 0. The second-order valence-corrected chi connectivity index (χ2v) is 9.36. The average Bonchev–Trinajstić information content (AvgIpc) is 3.49. The van der Waals surface area contributed by atoms with Crippen LogP contribution in [0, 0.1) is 0 Å². The van der Waals surface area contributed by atoms with Crippen molar-refractivity contribution in [1.82, 2.24) is 18.9 Å². The Morgan fingerprint density at radius 1 is 0.875 bits per heavy atom. The third-order valence-corrected chi connectivity index (χ3v) is 7.17. The number of anilines is 1. The van der Waals surface area contributed by atoms with E-state index >= 15 is 0 Å². The van der Waals surface area contributed by atoms with Crippen LogP contribution in [0.4, 0.5) is 18.9 Å². The van der Waals surface area contributed by atoms with Crippen molar-refractivity contribution in [2.45, 2.75) is 26.1 Å². The van der Waals surface area contributed by atoms with Gasteiger partial charge < -0.3 is 9.64 Å². The number of amides is 1. The lowest BCUT2D eigenvalue weighted by atomic mass is 10.0. The van der Waals surface area contributed by atoms with Crippen LogP contribution in [0.25, 0.3) is 22.4 Å². The molecule has 0 bridgehead atoms. The molecule has 5 aromatic rings. The highest BCUT2D eigenvalue weighted by atomic mass is 19.4. The Morgan fingerprint density at radius 2 is 1.50 bits per heavy atom. The zero-order valence-electron chi connectivity index (χ0n) is 21.6. The number of aryl methyl sites for hydroxylation is 1. The Bertz CT molecular complexity index is 1800. The first-order valence-electron chi connectivity index (χ1n) is 12.7.